The molecule has 2 aromatic heterocycles. The van der Waals surface area contributed by atoms with Gasteiger partial charge in [0.05, 0.1) is 31.0 Å². The second-order valence-electron chi connectivity index (χ2n) is 5.74. The number of aromatic nitrogens is 2. The normalized spacial score (nSPS) is 11.5. The summed E-state index contributed by atoms with van der Waals surface area (Å²) in [7, 11) is 0. The van der Waals surface area contributed by atoms with Crippen LogP contribution in [0.5, 0.6) is 0 Å². The van der Waals surface area contributed by atoms with Crippen LogP contribution in [0.4, 0.5) is 0 Å². The monoisotopic (exact) mass is 328 g/mol. The van der Waals surface area contributed by atoms with Crippen molar-refractivity contribution in [1.29, 1.82) is 0 Å². The van der Waals surface area contributed by atoms with E-state index in [2.05, 4.69) is 4.98 Å². The second kappa shape index (κ2) is 6.64. The Balaban J connectivity index is 2.08. The van der Waals surface area contributed by atoms with E-state index in [0.29, 0.717) is 18.5 Å². The highest BCUT2D eigenvalue weighted by Crippen LogP contribution is 2.35. The van der Waals surface area contributed by atoms with Crippen molar-refractivity contribution in [3.8, 4) is 11.1 Å². The molecule has 3 rings (SSSR count). The molecule has 0 amide bonds. The van der Waals surface area contributed by atoms with Crippen LogP contribution in [0.25, 0.3) is 21.3 Å². The molecule has 4 nitrogen and oxygen atoms in total. The highest BCUT2D eigenvalue weighted by molar-refractivity contribution is 7.19. The van der Waals surface area contributed by atoms with E-state index in [-0.39, 0.29) is 11.7 Å². The van der Waals surface area contributed by atoms with Crippen molar-refractivity contribution in [3.05, 3.63) is 51.9 Å². The van der Waals surface area contributed by atoms with Crippen LogP contribution < -0.4 is 5.56 Å². The summed E-state index contributed by atoms with van der Waals surface area (Å²) in [6, 6.07) is 10.0. The van der Waals surface area contributed by atoms with Gasteiger partial charge >= 0.3 is 0 Å². The van der Waals surface area contributed by atoms with Gasteiger partial charge in [-0.25, -0.2) is 4.98 Å². The Morgan fingerprint density at radius 2 is 2.00 bits per heavy atom. The molecule has 0 saturated heterocycles. The fourth-order valence-electron chi connectivity index (χ4n) is 2.64. The average Bonchev–Trinajstić information content (AvgIpc) is 2.87. The Morgan fingerprint density at radius 1 is 1.26 bits per heavy atom. The maximum absolute atomic E-state index is 12.9. The van der Waals surface area contributed by atoms with Gasteiger partial charge in [0.15, 0.2) is 0 Å². The van der Waals surface area contributed by atoms with Gasteiger partial charge in [-0.1, -0.05) is 30.3 Å². The molecule has 0 aliphatic carbocycles. The number of nitrogens with zero attached hydrogens (tertiary/aromatic N) is 2. The van der Waals surface area contributed by atoms with Crippen molar-refractivity contribution in [2.45, 2.75) is 33.4 Å². The molecule has 3 aromatic rings. The zero-order valence-electron chi connectivity index (χ0n) is 13.6. The van der Waals surface area contributed by atoms with Gasteiger partial charge in [-0.3, -0.25) is 9.36 Å². The topological polar surface area (TPSA) is 44.1 Å². The molecular formula is C18H20N2O2S. The van der Waals surface area contributed by atoms with Crippen molar-refractivity contribution >= 4 is 21.6 Å². The molecule has 5 heteroatoms. The minimum absolute atomic E-state index is 0.00515. The minimum Gasteiger partial charge on any atom is -0.377 e. The minimum atomic E-state index is 0.00515. The summed E-state index contributed by atoms with van der Waals surface area (Å²) < 4.78 is 7.19. The van der Waals surface area contributed by atoms with Crippen LogP contribution in [0, 0.1) is 6.92 Å². The van der Waals surface area contributed by atoms with Gasteiger partial charge in [-0.2, -0.15) is 0 Å². The van der Waals surface area contributed by atoms with Crippen LogP contribution in [0.3, 0.4) is 0 Å². The lowest BCUT2D eigenvalue weighted by atomic mass is 10.0. The van der Waals surface area contributed by atoms with Crippen LogP contribution in [-0.4, -0.2) is 22.3 Å². The molecule has 120 valence electrons. The number of rotatable bonds is 5. The molecule has 0 aliphatic rings. The van der Waals surface area contributed by atoms with Gasteiger partial charge in [0.1, 0.15) is 4.83 Å². The summed E-state index contributed by atoms with van der Waals surface area (Å²) in [5.41, 5.74) is 2.07. The van der Waals surface area contributed by atoms with E-state index in [1.54, 1.807) is 22.2 Å². The molecule has 0 fully saturated rings. The Morgan fingerprint density at radius 3 is 2.70 bits per heavy atom. The standard InChI is InChI=1S/C18H20N2O2S/c1-12(2)22-10-9-20-11-19-17-16(18(20)21)15(13(3)23-17)14-7-5-4-6-8-14/h4-8,11-12H,9-10H2,1-3H3. The first kappa shape index (κ1) is 15.9. The summed E-state index contributed by atoms with van der Waals surface area (Å²) in [4.78, 5) is 19.3. The number of fused-ring (bicyclic) bond motifs is 1. The van der Waals surface area contributed by atoms with E-state index in [9.17, 15) is 4.79 Å². The Hall–Kier alpha value is -1.98. The fourth-order valence-corrected chi connectivity index (χ4v) is 3.64. The summed E-state index contributed by atoms with van der Waals surface area (Å²) in [5.74, 6) is 0. The number of hydrogen-bond donors (Lipinski definition) is 0. The maximum Gasteiger partial charge on any atom is 0.262 e. The lowest BCUT2D eigenvalue weighted by Gasteiger charge is -2.09. The first-order valence-corrected chi connectivity index (χ1v) is 8.55. The molecule has 0 radical (unpaired) electrons. The van der Waals surface area contributed by atoms with E-state index in [4.69, 9.17) is 4.74 Å². The van der Waals surface area contributed by atoms with Crippen LogP contribution >= 0.6 is 11.3 Å². The zero-order valence-corrected chi connectivity index (χ0v) is 14.4. The van der Waals surface area contributed by atoms with E-state index >= 15 is 0 Å². The smallest absolute Gasteiger partial charge is 0.262 e. The van der Waals surface area contributed by atoms with Crippen LogP contribution in [0.2, 0.25) is 0 Å². The van der Waals surface area contributed by atoms with Gasteiger partial charge in [0.25, 0.3) is 5.56 Å². The van der Waals surface area contributed by atoms with E-state index in [1.807, 2.05) is 51.1 Å². The summed E-state index contributed by atoms with van der Waals surface area (Å²) in [6.07, 6.45) is 1.78. The Bertz CT molecular complexity index is 866. The third kappa shape index (κ3) is 3.21. The Kier molecular flexibility index (Phi) is 4.59. The van der Waals surface area contributed by atoms with E-state index < -0.39 is 0 Å². The average molecular weight is 328 g/mol. The van der Waals surface area contributed by atoms with Gasteiger partial charge in [0.2, 0.25) is 0 Å². The van der Waals surface area contributed by atoms with Crippen LogP contribution in [-0.2, 0) is 11.3 Å². The van der Waals surface area contributed by atoms with Crippen molar-refractivity contribution in [3.63, 3.8) is 0 Å². The Labute approximate surface area is 139 Å². The molecule has 0 unspecified atom stereocenters. The van der Waals surface area contributed by atoms with Crippen LogP contribution in [0.15, 0.2) is 41.5 Å². The molecule has 0 spiro atoms. The van der Waals surface area contributed by atoms with E-state index in [0.717, 1.165) is 20.8 Å². The zero-order chi connectivity index (χ0) is 16.4. The first-order valence-electron chi connectivity index (χ1n) is 7.73. The fraction of sp³-hybridized carbons (Fsp3) is 0.333. The van der Waals surface area contributed by atoms with Gasteiger partial charge in [0, 0.05) is 10.4 Å². The molecular weight excluding hydrogens is 308 g/mol. The predicted molar refractivity (Wildman–Crippen MR) is 95.1 cm³/mol. The number of benzene rings is 1. The van der Waals surface area contributed by atoms with Gasteiger partial charge < -0.3 is 4.74 Å². The number of thiophene rings is 1. The molecule has 1 aromatic carbocycles. The molecule has 0 N–H and O–H groups in total. The first-order chi connectivity index (χ1) is 11.1. The molecule has 2 heterocycles. The van der Waals surface area contributed by atoms with Gasteiger partial charge in [-0.15, -0.1) is 11.3 Å². The van der Waals surface area contributed by atoms with Gasteiger partial charge in [-0.05, 0) is 26.3 Å². The number of hydrogen-bond acceptors (Lipinski definition) is 4. The lowest BCUT2D eigenvalue weighted by Crippen LogP contribution is -2.23. The number of aryl methyl sites for hydroxylation is 1. The SMILES string of the molecule is Cc1sc2ncn(CCOC(C)C)c(=O)c2c1-c1ccccc1. The molecule has 0 saturated carbocycles. The van der Waals surface area contributed by atoms with E-state index in [1.165, 1.54) is 0 Å². The quantitative estimate of drug-likeness (QED) is 0.714. The highest BCUT2D eigenvalue weighted by atomic mass is 32.1. The van der Waals surface area contributed by atoms with Crippen molar-refractivity contribution in [2.75, 3.05) is 6.61 Å². The van der Waals surface area contributed by atoms with Crippen LogP contribution in [0.1, 0.15) is 18.7 Å². The molecule has 0 atom stereocenters. The van der Waals surface area contributed by atoms with Crippen molar-refractivity contribution in [1.82, 2.24) is 9.55 Å². The summed E-state index contributed by atoms with van der Waals surface area (Å²) in [5, 5.41) is 0.714. The second-order valence-corrected chi connectivity index (χ2v) is 6.95. The third-order valence-corrected chi connectivity index (χ3v) is 4.71. The van der Waals surface area contributed by atoms with Crippen molar-refractivity contribution < 1.29 is 4.74 Å². The summed E-state index contributed by atoms with van der Waals surface area (Å²) >= 11 is 1.57. The third-order valence-electron chi connectivity index (χ3n) is 3.70. The number of ether oxygens (including phenoxy) is 1. The summed E-state index contributed by atoms with van der Waals surface area (Å²) in [6.45, 7) is 7.04. The lowest BCUT2D eigenvalue weighted by molar-refractivity contribution is 0.0722. The maximum atomic E-state index is 12.9. The predicted octanol–water partition coefficient (Wildman–Crippen LogP) is 3.86. The largest absolute Gasteiger partial charge is 0.377 e. The molecule has 0 bridgehead atoms. The van der Waals surface area contributed by atoms with Crippen molar-refractivity contribution in [2.24, 2.45) is 0 Å². The molecule has 23 heavy (non-hydrogen) atoms. The molecule has 0 aliphatic heterocycles. The highest BCUT2D eigenvalue weighted by Gasteiger charge is 2.16.